The molecular weight excluding hydrogens is 288 g/mol. The smallest absolute Gasteiger partial charge is 0.251 e. The lowest BCUT2D eigenvalue weighted by Crippen LogP contribution is -2.40. The lowest BCUT2D eigenvalue weighted by molar-refractivity contribution is 0.0459. The average Bonchev–Trinajstić information content (AvgIpc) is 2.85. The van der Waals surface area contributed by atoms with E-state index in [4.69, 9.17) is 4.74 Å². The third-order valence-electron chi connectivity index (χ3n) is 4.08. The molecule has 1 aliphatic heterocycles. The van der Waals surface area contributed by atoms with E-state index in [1.54, 1.807) is 4.90 Å². The van der Waals surface area contributed by atoms with Crippen LogP contribution in [0.25, 0.3) is 0 Å². The molecule has 1 saturated heterocycles. The third kappa shape index (κ3) is 4.41. The summed E-state index contributed by atoms with van der Waals surface area (Å²) in [7, 11) is 0. The first-order chi connectivity index (χ1) is 10.4. The molecule has 126 valence electrons. The first kappa shape index (κ1) is 17.2. The third-order valence-corrected chi connectivity index (χ3v) is 4.08. The van der Waals surface area contributed by atoms with E-state index in [1.165, 1.54) is 0 Å². The highest BCUT2D eigenvalue weighted by molar-refractivity contribution is 5.27. The highest BCUT2D eigenvalue weighted by Crippen LogP contribution is 2.28. The van der Waals surface area contributed by atoms with Crippen molar-refractivity contribution in [3.63, 3.8) is 0 Å². The van der Waals surface area contributed by atoms with Crippen LogP contribution >= 0.6 is 0 Å². The maximum atomic E-state index is 12.4. The largest absolute Gasteiger partial charge is 0.473 e. The van der Waals surface area contributed by atoms with Gasteiger partial charge in [0.25, 0.3) is 6.43 Å². The van der Waals surface area contributed by atoms with Crippen molar-refractivity contribution >= 4 is 0 Å². The average molecular weight is 315 g/mol. The molecule has 22 heavy (non-hydrogen) atoms. The van der Waals surface area contributed by atoms with Gasteiger partial charge in [0.2, 0.25) is 5.88 Å². The molecule has 0 atom stereocenters. The molecule has 4 nitrogen and oxygen atoms in total. The Bertz CT molecular complexity index is 466. The van der Waals surface area contributed by atoms with Gasteiger partial charge in [-0.2, -0.15) is 0 Å². The van der Waals surface area contributed by atoms with E-state index < -0.39 is 6.43 Å². The van der Waals surface area contributed by atoms with Gasteiger partial charge < -0.3 is 4.74 Å². The summed E-state index contributed by atoms with van der Waals surface area (Å²) < 4.78 is 32.8. The molecule has 0 bridgehead atoms. The molecule has 0 N–H and O–H groups in total. The zero-order chi connectivity index (χ0) is 16.3. The molecule has 1 aromatic heterocycles. The molecule has 0 aromatic carbocycles. The van der Waals surface area contributed by atoms with Gasteiger partial charge in [0.1, 0.15) is 6.10 Å². The van der Waals surface area contributed by atoms with Crippen LogP contribution in [0, 0.1) is 0 Å². The standard InChI is InChI=1S/C16H27F2N3O/c1-11(2)14-9-21(12(3)4)19-16(14)22-13-5-7-20(8-6-13)10-15(17)18/h9,11-13,15H,5-8,10H2,1-4H3. The first-order valence-electron chi connectivity index (χ1n) is 8.13. The summed E-state index contributed by atoms with van der Waals surface area (Å²) in [6.45, 7) is 9.62. The molecular formula is C16H27F2N3O. The van der Waals surface area contributed by atoms with Gasteiger partial charge in [-0.1, -0.05) is 13.8 Å². The zero-order valence-corrected chi connectivity index (χ0v) is 13.9. The summed E-state index contributed by atoms with van der Waals surface area (Å²) in [5, 5.41) is 4.55. The molecule has 2 heterocycles. The molecule has 1 aliphatic rings. The Morgan fingerprint density at radius 2 is 1.86 bits per heavy atom. The van der Waals surface area contributed by atoms with Crippen LogP contribution < -0.4 is 4.74 Å². The second-order valence-electron chi connectivity index (χ2n) is 6.63. The lowest BCUT2D eigenvalue weighted by atomic mass is 10.1. The second kappa shape index (κ2) is 7.40. The number of nitrogens with zero attached hydrogens (tertiary/aromatic N) is 3. The maximum Gasteiger partial charge on any atom is 0.251 e. The number of alkyl halides is 2. The van der Waals surface area contributed by atoms with Crippen LogP contribution in [0.15, 0.2) is 6.20 Å². The summed E-state index contributed by atoms with van der Waals surface area (Å²) in [4.78, 5) is 1.81. The van der Waals surface area contributed by atoms with Gasteiger partial charge in [0.15, 0.2) is 0 Å². The van der Waals surface area contributed by atoms with Gasteiger partial charge in [-0.05, 0) is 32.6 Å². The summed E-state index contributed by atoms with van der Waals surface area (Å²) in [6, 6.07) is 0.294. The van der Waals surface area contributed by atoms with Crippen LogP contribution in [0.4, 0.5) is 8.78 Å². The van der Waals surface area contributed by atoms with Crippen molar-refractivity contribution in [3.05, 3.63) is 11.8 Å². The van der Waals surface area contributed by atoms with Gasteiger partial charge in [-0.3, -0.25) is 9.58 Å². The first-order valence-corrected chi connectivity index (χ1v) is 8.13. The van der Waals surface area contributed by atoms with Crippen LogP contribution in [0.3, 0.4) is 0 Å². The summed E-state index contributed by atoms with van der Waals surface area (Å²) >= 11 is 0. The minimum absolute atomic E-state index is 0.0712. The number of aromatic nitrogens is 2. The Morgan fingerprint density at radius 3 is 2.36 bits per heavy atom. The van der Waals surface area contributed by atoms with Gasteiger partial charge in [0, 0.05) is 30.9 Å². The summed E-state index contributed by atoms with van der Waals surface area (Å²) in [5.41, 5.74) is 1.11. The number of likely N-dealkylation sites (tertiary alicyclic amines) is 1. The van der Waals surface area contributed by atoms with E-state index >= 15 is 0 Å². The molecule has 6 heteroatoms. The SMILES string of the molecule is CC(C)c1cn(C(C)C)nc1OC1CCN(CC(F)F)CC1. The Morgan fingerprint density at radius 1 is 1.23 bits per heavy atom. The fourth-order valence-corrected chi connectivity index (χ4v) is 2.70. The van der Waals surface area contributed by atoms with Crippen molar-refractivity contribution in [2.24, 2.45) is 0 Å². The van der Waals surface area contributed by atoms with Crippen LogP contribution in [0.5, 0.6) is 5.88 Å². The van der Waals surface area contributed by atoms with E-state index in [0.29, 0.717) is 30.9 Å². The predicted molar refractivity (Wildman–Crippen MR) is 82.8 cm³/mol. The maximum absolute atomic E-state index is 12.4. The molecule has 0 unspecified atom stereocenters. The number of halogens is 2. The Hall–Kier alpha value is -1.17. The Kier molecular flexibility index (Phi) is 5.78. The van der Waals surface area contributed by atoms with Crippen molar-refractivity contribution in [3.8, 4) is 5.88 Å². The van der Waals surface area contributed by atoms with Crippen molar-refractivity contribution in [2.75, 3.05) is 19.6 Å². The van der Waals surface area contributed by atoms with E-state index in [1.807, 2.05) is 4.68 Å². The Labute approximate surface area is 131 Å². The van der Waals surface area contributed by atoms with Gasteiger partial charge >= 0.3 is 0 Å². The van der Waals surface area contributed by atoms with Crippen LogP contribution in [-0.4, -0.2) is 46.8 Å². The van der Waals surface area contributed by atoms with E-state index in [2.05, 4.69) is 39.0 Å². The number of piperidine rings is 1. The van der Waals surface area contributed by atoms with E-state index in [0.717, 1.165) is 18.4 Å². The highest BCUT2D eigenvalue weighted by Gasteiger charge is 2.25. The molecule has 0 radical (unpaired) electrons. The van der Waals surface area contributed by atoms with Crippen molar-refractivity contribution in [1.82, 2.24) is 14.7 Å². The predicted octanol–water partition coefficient (Wildman–Crippen LogP) is 3.70. The van der Waals surface area contributed by atoms with E-state index in [-0.39, 0.29) is 12.6 Å². The van der Waals surface area contributed by atoms with E-state index in [9.17, 15) is 8.78 Å². The second-order valence-corrected chi connectivity index (χ2v) is 6.63. The van der Waals surface area contributed by atoms with Crippen molar-refractivity contribution in [1.29, 1.82) is 0 Å². The van der Waals surface area contributed by atoms with Gasteiger partial charge in [-0.25, -0.2) is 8.78 Å². The number of ether oxygens (including phenoxy) is 1. The van der Waals surface area contributed by atoms with Gasteiger partial charge in [0.05, 0.1) is 6.54 Å². The molecule has 0 saturated carbocycles. The lowest BCUT2D eigenvalue weighted by Gasteiger charge is -2.31. The van der Waals surface area contributed by atoms with Crippen LogP contribution in [0.2, 0.25) is 0 Å². The molecule has 2 rings (SSSR count). The summed E-state index contributed by atoms with van der Waals surface area (Å²) in [5.74, 6) is 1.05. The quantitative estimate of drug-likeness (QED) is 0.802. The number of hydrogen-bond acceptors (Lipinski definition) is 3. The fraction of sp³-hybridized carbons (Fsp3) is 0.812. The summed E-state index contributed by atoms with van der Waals surface area (Å²) in [6.07, 6.45) is 1.42. The number of rotatable bonds is 6. The minimum Gasteiger partial charge on any atom is -0.473 e. The Balaban J connectivity index is 1.97. The minimum atomic E-state index is -2.26. The molecule has 0 aliphatic carbocycles. The van der Waals surface area contributed by atoms with Crippen molar-refractivity contribution < 1.29 is 13.5 Å². The zero-order valence-electron chi connectivity index (χ0n) is 13.9. The monoisotopic (exact) mass is 315 g/mol. The normalized spacial score (nSPS) is 17.9. The molecule has 0 amide bonds. The van der Waals surface area contributed by atoms with Crippen LogP contribution in [0.1, 0.15) is 58.1 Å². The molecule has 0 spiro atoms. The fourth-order valence-electron chi connectivity index (χ4n) is 2.70. The molecule has 1 fully saturated rings. The van der Waals surface area contributed by atoms with Gasteiger partial charge in [-0.15, -0.1) is 5.10 Å². The number of hydrogen-bond donors (Lipinski definition) is 0. The topological polar surface area (TPSA) is 30.3 Å². The van der Waals surface area contributed by atoms with Crippen LogP contribution in [-0.2, 0) is 0 Å². The molecule has 1 aromatic rings. The highest BCUT2D eigenvalue weighted by atomic mass is 19.3. The van der Waals surface area contributed by atoms with Crippen molar-refractivity contribution in [2.45, 2.75) is 65.0 Å².